The summed E-state index contributed by atoms with van der Waals surface area (Å²) < 4.78 is 0. The van der Waals surface area contributed by atoms with E-state index >= 15 is 0 Å². The van der Waals surface area contributed by atoms with Crippen molar-refractivity contribution in [1.29, 1.82) is 0 Å². The van der Waals surface area contributed by atoms with Crippen LogP contribution in [0.5, 0.6) is 0 Å². The highest BCUT2D eigenvalue weighted by atomic mass is 32.2. The van der Waals surface area contributed by atoms with Crippen LogP contribution in [-0.2, 0) is 0 Å². The number of hydrogen-bond donors (Lipinski definition) is 1. The van der Waals surface area contributed by atoms with E-state index < -0.39 is 0 Å². The van der Waals surface area contributed by atoms with Gasteiger partial charge in [0.2, 0.25) is 0 Å². The first kappa shape index (κ1) is 13.2. The van der Waals surface area contributed by atoms with Crippen LogP contribution < -0.4 is 5.73 Å². The third kappa shape index (κ3) is 2.87. The van der Waals surface area contributed by atoms with E-state index in [1.54, 1.807) is 0 Å². The Bertz CT molecular complexity index is 689. The molecule has 2 heteroatoms. The molecule has 0 amide bonds. The number of nitrogens with two attached hydrogens (primary N) is 1. The quantitative estimate of drug-likeness (QED) is 0.704. The van der Waals surface area contributed by atoms with Crippen molar-refractivity contribution in [2.75, 3.05) is 5.75 Å². The predicted molar refractivity (Wildman–Crippen MR) is 88.0 cm³/mol. The molecule has 1 nitrogen and oxygen atoms in total. The first-order chi connectivity index (χ1) is 9.84. The minimum Gasteiger partial charge on any atom is -0.323 e. The fraction of sp³-hybridized carbons (Fsp3) is 0.111. The van der Waals surface area contributed by atoms with Crippen molar-refractivity contribution in [3.05, 3.63) is 78.4 Å². The molecular weight excluding hydrogens is 262 g/mol. The monoisotopic (exact) mass is 279 g/mol. The molecule has 0 heterocycles. The third-order valence-corrected chi connectivity index (χ3v) is 4.59. The van der Waals surface area contributed by atoms with Gasteiger partial charge in [0, 0.05) is 16.7 Å². The normalized spacial score (nSPS) is 12.4. The summed E-state index contributed by atoms with van der Waals surface area (Å²) in [6.45, 7) is 0. The van der Waals surface area contributed by atoms with E-state index in [1.165, 1.54) is 21.2 Å². The topological polar surface area (TPSA) is 26.0 Å². The van der Waals surface area contributed by atoms with Gasteiger partial charge in [0.05, 0.1) is 0 Å². The van der Waals surface area contributed by atoms with Crippen LogP contribution in [0.15, 0.2) is 77.7 Å². The van der Waals surface area contributed by atoms with E-state index in [9.17, 15) is 0 Å². The van der Waals surface area contributed by atoms with Crippen LogP contribution in [0.3, 0.4) is 0 Å². The number of rotatable bonds is 4. The molecule has 100 valence electrons. The van der Waals surface area contributed by atoms with Crippen LogP contribution in [0.25, 0.3) is 10.8 Å². The van der Waals surface area contributed by atoms with Crippen LogP contribution in [0.4, 0.5) is 0 Å². The molecule has 20 heavy (non-hydrogen) atoms. The molecule has 0 saturated carbocycles. The van der Waals surface area contributed by atoms with Crippen molar-refractivity contribution in [3.8, 4) is 0 Å². The molecule has 1 atom stereocenters. The second-order valence-corrected chi connectivity index (χ2v) is 5.87. The zero-order valence-electron chi connectivity index (χ0n) is 11.2. The lowest BCUT2D eigenvalue weighted by Crippen LogP contribution is -2.12. The van der Waals surface area contributed by atoms with Crippen molar-refractivity contribution in [2.45, 2.75) is 10.9 Å². The van der Waals surface area contributed by atoms with Crippen LogP contribution in [-0.4, -0.2) is 5.75 Å². The Morgan fingerprint density at radius 2 is 1.50 bits per heavy atom. The van der Waals surface area contributed by atoms with Crippen molar-refractivity contribution >= 4 is 22.5 Å². The molecule has 0 aliphatic carbocycles. The molecule has 0 saturated heterocycles. The first-order valence-corrected chi connectivity index (χ1v) is 7.74. The molecular formula is C18H17NS. The molecule has 0 fully saturated rings. The third-order valence-electron chi connectivity index (χ3n) is 3.40. The number of benzene rings is 3. The van der Waals surface area contributed by atoms with Gasteiger partial charge in [0.15, 0.2) is 0 Å². The van der Waals surface area contributed by atoms with Gasteiger partial charge in [0.25, 0.3) is 0 Å². The van der Waals surface area contributed by atoms with Crippen LogP contribution in [0.2, 0.25) is 0 Å². The lowest BCUT2D eigenvalue weighted by molar-refractivity contribution is 0.831. The van der Waals surface area contributed by atoms with Crippen molar-refractivity contribution < 1.29 is 0 Å². The predicted octanol–water partition coefficient (Wildman–Crippen LogP) is 4.63. The van der Waals surface area contributed by atoms with Crippen LogP contribution in [0.1, 0.15) is 11.6 Å². The molecule has 3 rings (SSSR count). The zero-order chi connectivity index (χ0) is 13.8. The Balaban J connectivity index is 1.77. The lowest BCUT2D eigenvalue weighted by atomic mass is 10.1. The smallest absolute Gasteiger partial charge is 0.0390 e. The van der Waals surface area contributed by atoms with E-state index in [2.05, 4.69) is 54.6 Å². The standard InChI is InChI=1S/C18H17NS/c19-17(15-8-2-1-3-9-15)13-20-18-12-6-10-14-7-4-5-11-16(14)18/h1-12,17H,13,19H2/t17-/m0/s1. The molecule has 0 aliphatic rings. The Kier molecular flexibility index (Phi) is 4.05. The van der Waals surface area contributed by atoms with E-state index in [0.717, 1.165) is 5.75 Å². The van der Waals surface area contributed by atoms with Gasteiger partial charge in [-0.15, -0.1) is 11.8 Å². The van der Waals surface area contributed by atoms with E-state index in [4.69, 9.17) is 5.73 Å². The second kappa shape index (κ2) is 6.12. The van der Waals surface area contributed by atoms with Gasteiger partial charge < -0.3 is 5.73 Å². The molecule has 0 unspecified atom stereocenters. The molecule has 0 spiro atoms. The minimum atomic E-state index is 0.0696. The fourth-order valence-corrected chi connectivity index (χ4v) is 3.37. The molecule has 0 aromatic heterocycles. The van der Waals surface area contributed by atoms with Crippen molar-refractivity contribution in [2.24, 2.45) is 5.73 Å². The Morgan fingerprint density at radius 3 is 2.35 bits per heavy atom. The fourth-order valence-electron chi connectivity index (χ4n) is 2.30. The summed E-state index contributed by atoms with van der Waals surface area (Å²) in [6.07, 6.45) is 0. The molecule has 0 aliphatic heterocycles. The second-order valence-electron chi connectivity index (χ2n) is 4.81. The summed E-state index contributed by atoms with van der Waals surface area (Å²) in [7, 11) is 0. The summed E-state index contributed by atoms with van der Waals surface area (Å²) in [4.78, 5) is 1.30. The van der Waals surface area contributed by atoms with Crippen LogP contribution >= 0.6 is 11.8 Å². The highest BCUT2D eigenvalue weighted by molar-refractivity contribution is 7.99. The highest BCUT2D eigenvalue weighted by Gasteiger charge is 2.07. The summed E-state index contributed by atoms with van der Waals surface area (Å²) >= 11 is 1.83. The maximum atomic E-state index is 6.27. The van der Waals surface area contributed by atoms with Gasteiger partial charge in [-0.25, -0.2) is 0 Å². The van der Waals surface area contributed by atoms with Gasteiger partial charge in [-0.2, -0.15) is 0 Å². The SMILES string of the molecule is N[C@@H](CSc1cccc2ccccc12)c1ccccc1. The maximum absolute atomic E-state index is 6.27. The van der Waals surface area contributed by atoms with Gasteiger partial charge in [-0.05, 0) is 22.4 Å². The van der Waals surface area contributed by atoms with Gasteiger partial charge >= 0.3 is 0 Å². The first-order valence-electron chi connectivity index (χ1n) is 6.76. The van der Waals surface area contributed by atoms with Gasteiger partial charge in [-0.3, -0.25) is 0 Å². The lowest BCUT2D eigenvalue weighted by Gasteiger charge is -2.12. The van der Waals surface area contributed by atoms with Crippen LogP contribution in [0, 0.1) is 0 Å². The van der Waals surface area contributed by atoms with Crippen molar-refractivity contribution in [1.82, 2.24) is 0 Å². The van der Waals surface area contributed by atoms with Gasteiger partial charge in [-0.1, -0.05) is 66.7 Å². The van der Waals surface area contributed by atoms with Crippen molar-refractivity contribution in [3.63, 3.8) is 0 Å². The summed E-state index contributed by atoms with van der Waals surface area (Å²) in [5.74, 6) is 0.887. The molecule has 3 aromatic carbocycles. The Labute approximate surface area is 123 Å². The number of hydrogen-bond acceptors (Lipinski definition) is 2. The van der Waals surface area contributed by atoms with E-state index in [1.807, 2.05) is 30.0 Å². The number of fused-ring (bicyclic) bond motifs is 1. The molecule has 3 aromatic rings. The minimum absolute atomic E-state index is 0.0696. The van der Waals surface area contributed by atoms with E-state index in [-0.39, 0.29) is 6.04 Å². The maximum Gasteiger partial charge on any atom is 0.0390 e. The summed E-state index contributed by atoms with van der Waals surface area (Å²) in [5.41, 5.74) is 7.46. The summed E-state index contributed by atoms with van der Waals surface area (Å²) in [6, 6.07) is 25.3. The van der Waals surface area contributed by atoms with Gasteiger partial charge in [0.1, 0.15) is 0 Å². The summed E-state index contributed by atoms with van der Waals surface area (Å²) in [5, 5.41) is 2.59. The number of thioether (sulfide) groups is 1. The van der Waals surface area contributed by atoms with E-state index in [0.29, 0.717) is 0 Å². The average molecular weight is 279 g/mol. The zero-order valence-corrected chi connectivity index (χ0v) is 12.0. The molecule has 2 N–H and O–H groups in total. The molecule has 0 bridgehead atoms. The highest BCUT2D eigenvalue weighted by Crippen LogP contribution is 2.30. The average Bonchev–Trinajstić information content (AvgIpc) is 2.53. The Morgan fingerprint density at radius 1 is 0.800 bits per heavy atom. The largest absolute Gasteiger partial charge is 0.323 e. The Hall–Kier alpha value is -1.77. The molecule has 0 radical (unpaired) electrons.